The lowest BCUT2D eigenvalue weighted by Crippen LogP contribution is -2.50. The van der Waals surface area contributed by atoms with Crippen LogP contribution in [0.5, 0.6) is 0 Å². The van der Waals surface area contributed by atoms with Crippen LogP contribution in [-0.4, -0.2) is 42.1 Å². The molecule has 0 bridgehead atoms. The van der Waals surface area contributed by atoms with Crippen molar-refractivity contribution in [2.75, 3.05) is 13.2 Å². The van der Waals surface area contributed by atoms with Gasteiger partial charge >= 0.3 is 12.0 Å². The molecule has 2 amide bonds. The molecule has 0 saturated heterocycles. The minimum atomic E-state index is -0.645. The number of hydrogen-bond acceptors (Lipinski definition) is 5. The van der Waals surface area contributed by atoms with Crippen LogP contribution in [0.4, 0.5) is 4.79 Å². The highest BCUT2D eigenvalue weighted by Gasteiger charge is 2.42. The van der Waals surface area contributed by atoms with Crippen LogP contribution in [-0.2, 0) is 9.53 Å². The van der Waals surface area contributed by atoms with Gasteiger partial charge in [0.05, 0.1) is 12.2 Å². The van der Waals surface area contributed by atoms with Crippen LogP contribution in [0, 0.1) is 12.8 Å². The topological polar surface area (TPSA) is 83.8 Å². The van der Waals surface area contributed by atoms with Crippen molar-refractivity contribution in [1.29, 1.82) is 0 Å². The second kappa shape index (κ2) is 7.62. The van der Waals surface area contributed by atoms with Gasteiger partial charge in [-0.3, -0.25) is 4.90 Å². The molecule has 2 atom stereocenters. The van der Waals surface area contributed by atoms with Gasteiger partial charge in [0.25, 0.3) is 0 Å². The van der Waals surface area contributed by atoms with Gasteiger partial charge in [0.2, 0.25) is 0 Å². The average molecular weight is 387 g/mol. The summed E-state index contributed by atoms with van der Waals surface area (Å²) in [6.07, 6.45) is 4.87. The Morgan fingerprint density at radius 3 is 2.64 bits per heavy atom. The monoisotopic (exact) mass is 387 g/mol. The van der Waals surface area contributed by atoms with Crippen molar-refractivity contribution in [3.8, 4) is 0 Å². The molecule has 3 aliphatic rings. The van der Waals surface area contributed by atoms with Crippen LogP contribution >= 0.6 is 0 Å². The SMILES string of the molecule is CCOC(=O)C1=C(CN(C2CC2)[C@H](C)C2CC2)NC(=O)N[C@@H]1c1ccc(C)o1. The molecule has 152 valence electrons. The second-order valence-corrected chi connectivity index (χ2v) is 8.07. The normalized spacial score (nSPS) is 23.4. The Kier molecular flexibility index (Phi) is 5.19. The summed E-state index contributed by atoms with van der Waals surface area (Å²) < 4.78 is 11.1. The highest BCUT2D eigenvalue weighted by Crippen LogP contribution is 2.40. The van der Waals surface area contributed by atoms with Gasteiger partial charge in [-0.05, 0) is 64.5 Å². The van der Waals surface area contributed by atoms with Crippen LogP contribution in [0.25, 0.3) is 0 Å². The molecule has 0 unspecified atom stereocenters. The van der Waals surface area contributed by atoms with Crippen LogP contribution in [0.15, 0.2) is 27.8 Å². The van der Waals surface area contributed by atoms with Crippen LogP contribution < -0.4 is 10.6 Å². The first-order valence-electron chi connectivity index (χ1n) is 10.3. The summed E-state index contributed by atoms with van der Waals surface area (Å²) >= 11 is 0. The Morgan fingerprint density at radius 1 is 1.32 bits per heavy atom. The van der Waals surface area contributed by atoms with E-state index in [-0.39, 0.29) is 12.6 Å². The van der Waals surface area contributed by atoms with Gasteiger partial charge in [-0.15, -0.1) is 0 Å². The van der Waals surface area contributed by atoms with Crippen molar-refractivity contribution in [2.45, 2.75) is 64.6 Å². The first-order chi connectivity index (χ1) is 13.5. The van der Waals surface area contributed by atoms with E-state index in [0.29, 0.717) is 41.6 Å². The summed E-state index contributed by atoms with van der Waals surface area (Å²) in [5, 5.41) is 5.71. The van der Waals surface area contributed by atoms with Crippen molar-refractivity contribution in [1.82, 2.24) is 15.5 Å². The lowest BCUT2D eigenvalue weighted by atomic mass is 9.99. The summed E-state index contributed by atoms with van der Waals surface area (Å²) in [6.45, 7) is 6.70. The van der Waals surface area contributed by atoms with Crippen LogP contribution in [0.3, 0.4) is 0 Å². The predicted molar refractivity (Wildman–Crippen MR) is 103 cm³/mol. The molecule has 0 spiro atoms. The Hall–Kier alpha value is -2.28. The highest BCUT2D eigenvalue weighted by molar-refractivity contribution is 5.95. The molecule has 1 aromatic heterocycles. The number of urea groups is 1. The fourth-order valence-corrected chi connectivity index (χ4v) is 4.06. The summed E-state index contributed by atoms with van der Waals surface area (Å²) in [6, 6.07) is 3.64. The summed E-state index contributed by atoms with van der Waals surface area (Å²) in [7, 11) is 0. The smallest absolute Gasteiger partial charge is 0.338 e. The molecule has 1 aromatic rings. The predicted octanol–water partition coefficient (Wildman–Crippen LogP) is 3.02. The first kappa shape index (κ1) is 19.1. The lowest BCUT2D eigenvalue weighted by molar-refractivity contribution is -0.139. The maximum atomic E-state index is 12.9. The standard InChI is InChI=1S/C21H29N3O4/c1-4-27-20(25)18-16(11-24(15-8-9-15)13(3)14-6-7-14)22-21(26)23-19(18)17-10-5-12(2)28-17/h5,10,13-15,19H,4,6-9,11H2,1-3H3,(H2,22,23,26)/t13-,19-/m1/s1. The minimum Gasteiger partial charge on any atom is -0.464 e. The van der Waals surface area contributed by atoms with E-state index in [4.69, 9.17) is 9.15 Å². The van der Waals surface area contributed by atoms with Crippen molar-refractivity contribution in [2.24, 2.45) is 5.92 Å². The third kappa shape index (κ3) is 3.94. The van der Waals surface area contributed by atoms with Crippen LogP contribution in [0.2, 0.25) is 0 Å². The number of carbonyl (C=O) groups excluding carboxylic acids is 2. The molecule has 2 N–H and O–H groups in total. The molecule has 2 saturated carbocycles. The molecule has 2 heterocycles. The number of carbonyl (C=O) groups is 2. The Balaban J connectivity index is 1.69. The number of aryl methyl sites for hydroxylation is 1. The third-order valence-corrected chi connectivity index (χ3v) is 5.88. The van der Waals surface area contributed by atoms with Crippen molar-refractivity contribution >= 4 is 12.0 Å². The minimum absolute atomic E-state index is 0.276. The zero-order chi connectivity index (χ0) is 19.8. The lowest BCUT2D eigenvalue weighted by Gasteiger charge is -2.34. The zero-order valence-electron chi connectivity index (χ0n) is 16.8. The largest absolute Gasteiger partial charge is 0.464 e. The maximum Gasteiger partial charge on any atom is 0.338 e. The van der Waals surface area contributed by atoms with Gasteiger partial charge in [-0.25, -0.2) is 9.59 Å². The molecule has 0 radical (unpaired) electrons. The van der Waals surface area contributed by atoms with Crippen molar-refractivity contribution in [3.05, 3.63) is 34.9 Å². The molecule has 1 aliphatic heterocycles. The van der Waals surface area contributed by atoms with Gasteiger partial charge in [0.1, 0.15) is 17.6 Å². The van der Waals surface area contributed by atoms with Crippen LogP contribution in [0.1, 0.15) is 57.1 Å². The Morgan fingerprint density at radius 2 is 2.07 bits per heavy atom. The molecule has 2 aliphatic carbocycles. The van der Waals surface area contributed by atoms with Crippen molar-refractivity contribution < 1.29 is 18.7 Å². The van der Waals surface area contributed by atoms with Gasteiger partial charge in [0.15, 0.2) is 0 Å². The number of hydrogen-bond donors (Lipinski definition) is 2. The average Bonchev–Trinajstić information content (AvgIpc) is 3.57. The molecule has 28 heavy (non-hydrogen) atoms. The number of furan rings is 1. The van der Waals surface area contributed by atoms with E-state index in [1.807, 2.05) is 13.0 Å². The number of ether oxygens (including phenoxy) is 1. The van der Waals surface area contributed by atoms with Gasteiger partial charge in [0, 0.05) is 24.3 Å². The fraction of sp³-hybridized carbons (Fsp3) is 0.619. The summed E-state index contributed by atoms with van der Waals surface area (Å²) in [5.74, 6) is 1.57. The Bertz CT molecular complexity index is 791. The van der Waals surface area contributed by atoms with E-state index >= 15 is 0 Å². The van der Waals surface area contributed by atoms with E-state index in [2.05, 4.69) is 22.5 Å². The first-order valence-corrected chi connectivity index (χ1v) is 10.3. The molecular formula is C21H29N3O4. The molecule has 7 nitrogen and oxygen atoms in total. The molecule has 0 aromatic carbocycles. The van der Waals surface area contributed by atoms with E-state index in [1.54, 1.807) is 13.0 Å². The molecule has 4 rings (SSSR count). The molecular weight excluding hydrogens is 358 g/mol. The van der Waals surface area contributed by atoms with Gasteiger partial charge in [-0.1, -0.05) is 0 Å². The maximum absolute atomic E-state index is 12.9. The second-order valence-electron chi connectivity index (χ2n) is 8.07. The summed E-state index contributed by atoms with van der Waals surface area (Å²) in [4.78, 5) is 27.7. The van der Waals surface area contributed by atoms with Gasteiger partial charge in [-0.2, -0.15) is 0 Å². The fourth-order valence-electron chi connectivity index (χ4n) is 4.06. The zero-order valence-corrected chi connectivity index (χ0v) is 16.8. The van der Waals surface area contributed by atoms with E-state index in [9.17, 15) is 9.59 Å². The number of amides is 2. The Labute approximate surface area is 165 Å². The molecule has 2 fully saturated rings. The van der Waals surface area contributed by atoms with E-state index in [0.717, 1.165) is 5.76 Å². The van der Waals surface area contributed by atoms with Crippen molar-refractivity contribution in [3.63, 3.8) is 0 Å². The van der Waals surface area contributed by atoms with E-state index in [1.165, 1.54) is 25.7 Å². The number of esters is 1. The summed E-state index contributed by atoms with van der Waals surface area (Å²) in [5.41, 5.74) is 1.06. The number of nitrogens with one attached hydrogen (secondary N) is 2. The van der Waals surface area contributed by atoms with Gasteiger partial charge < -0.3 is 19.8 Å². The third-order valence-electron chi connectivity index (χ3n) is 5.88. The highest BCUT2D eigenvalue weighted by atomic mass is 16.5. The van der Waals surface area contributed by atoms with E-state index < -0.39 is 12.0 Å². The molecule has 7 heteroatoms. The number of nitrogens with zero attached hydrogens (tertiary/aromatic N) is 1. The quantitative estimate of drug-likeness (QED) is 0.670. The number of rotatable bonds is 8.